The molecule has 1 aromatic rings. The Hall–Kier alpha value is -0.690. The molecule has 2 atom stereocenters. The van der Waals surface area contributed by atoms with E-state index in [0.717, 1.165) is 18.9 Å². The lowest BCUT2D eigenvalue weighted by molar-refractivity contribution is 0.571. The molecule has 2 unspecified atom stereocenters. The van der Waals surface area contributed by atoms with Gasteiger partial charge in [0.15, 0.2) is 0 Å². The molecular formula is C14H20ClFN2O2S. The van der Waals surface area contributed by atoms with E-state index in [9.17, 15) is 12.8 Å². The van der Waals surface area contributed by atoms with Crippen molar-refractivity contribution < 1.29 is 12.8 Å². The molecule has 2 N–H and O–H groups in total. The summed E-state index contributed by atoms with van der Waals surface area (Å²) in [6.07, 6.45) is 1.78. The van der Waals surface area contributed by atoms with Gasteiger partial charge in [0.25, 0.3) is 0 Å². The molecule has 4 nitrogen and oxygen atoms in total. The van der Waals surface area contributed by atoms with Crippen LogP contribution in [0.2, 0.25) is 5.02 Å². The van der Waals surface area contributed by atoms with Gasteiger partial charge in [-0.05, 0) is 36.6 Å². The molecule has 1 saturated carbocycles. The standard InChI is InChI=1S/C14H20ClFN2O2S/c1-3-9-6-13(9)18-21(19,20)11-5-10(8-17-4-2)14(15)12(16)7-11/h5,7,9,13,17-18H,3-4,6,8H2,1-2H3. The minimum absolute atomic E-state index is 0.0315. The number of halogens is 2. The van der Waals surface area contributed by atoms with Crippen molar-refractivity contribution in [2.75, 3.05) is 6.54 Å². The molecule has 0 aliphatic heterocycles. The van der Waals surface area contributed by atoms with Gasteiger partial charge in [-0.15, -0.1) is 0 Å². The van der Waals surface area contributed by atoms with Gasteiger partial charge in [-0.3, -0.25) is 0 Å². The molecule has 21 heavy (non-hydrogen) atoms. The first kappa shape index (κ1) is 16.7. The van der Waals surface area contributed by atoms with E-state index >= 15 is 0 Å². The average molecular weight is 335 g/mol. The number of hydrogen-bond donors (Lipinski definition) is 2. The SMILES string of the molecule is CCNCc1cc(S(=O)(=O)NC2CC2CC)cc(F)c1Cl. The van der Waals surface area contributed by atoms with Crippen LogP contribution in [-0.4, -0.2) is 21.0 Å². The zero-order chi connectivity index (χ0) is 15.6. The van der Waals surface area contributed by atoms with Crippen molar-refractivity contribution in [2.45, 2.75) is 44.2 Å². The maximum Gasteiger partial charge on any atom is 0.240 e. The molecule has 0 amide bonds. The van der Waals surface area contributed by atoms with E-state index < -0.39 is 15.8 Å². The molecule has 0 bridgehead atoms. The van der Waals surface area contributed by atoms with Crippen molar-refractivity contribution >= 4 is 21.6 Å². The Bertz CT molecular complexity index is 622. The third-order valence-corrected chi connectivity index (χ3v) is 5.60. The van der Waals surface area contributed by atoms with Gasteiger partial charge < -0.3 is 5.32 Å². The van der Waals surface area contributed by atoms with Crippen molar-refractivity contribution in [3.8, 4) is 0 Å². The van der Waals surface area contributed by atoms with Crippen molar-refractivity contribution in [3.63, 3.8) is 0 Å². The van der Waals surface area contributed by atoms with Crippen LogP contribution in [-0.2, 0) is 16.6 Å². The van der Waals surface area contributed by atoms with Crippen LogP contribution in [0.4, 0.5) is 4.39 Å². The first-order chi connectivity index (χ1) is 9.89. The molecular weight excluding hydrogens is 315 g/mol. The molecule has 0 radical (unpaired) electrons. The number of hydrogen-bond acceptors (Lipinski definition) is 3. The van der Waals surface area contributed by atoms with E-state index in [-0.39, 0.29) is 16.0 Å². The van der Waals surface area contributed by atoms with E-state index in [0.29, 0.717) is 24.6 Å². The van der Waals surface area contributed by atoms with Crippen LogP contribution in [0.1, 0.15) is 32.3 Å². The fraction of sp³-hybridized carbons (Fsp3) is 0.571. The first-order valence-corrected chi connectivity index (χ1v) is 8.96. The van der Waals surface area contributed by atoms with Gasteiger partial charge in [-0.25, -0.2) is 17.5 Å². The molecule has 1 aliphatic rings. The second-order valence-corrected chi connectivity index (χ2v) is 7.38. The predicted octanol–water partition coefficient (Wildman–Crippen LogP) is 2.67. The van der Waals surface area contributed by atoms with Gasteiger partial charge >= 0.3 is 0 Å². The van der Waals surface area contributed by atoms with Gasteiger partial charge in [-0.2, -0.15) is 0 Å². The Balaban J connectivity index is 2.24. The fourth-order valence-corrected chi connectivity index (χ4v) is 3.83. The van der Waals surface area contributed by atoms with E-state index in [1.807, 2.05) is 13.8 Å². The molecule has 0 heterocycles. The lowest BCUT2D eigenvalue weighted by atomic mass is 10.2. The topological polar surface area (TPSA) is 58.2 Å². The summed E-state index contributed by atoms with van der Waals surface area (Å²) in [7, 11) is -3.70. The summed E-state index contributed by atoms with van der Waals surface area (Å²) in [5.74, 6) is -0.326. The quantitative estimate of drug-likeness (QED) is 0.806. The third-order valence-electron chi connectivity index (χ3n) is 3.71. The van der Waals surface area contributed by atoms with Crippen molar-refractivity contribution in [1.82, 2.24) is 10.0 Å². The second kappa shape index (κ2) is 6.60. The summed E-state index contributed by atoms with van der Waals surface area (Å²) in [5.41, 5.74) is 0.446. The maximum absolute atomic E-state index is 13.8. The minimum Gasteiger partial charge on any atom is -0.313 e. The van der Waals surface area contributed by atoms with Crippen LogP contribution >= 0.6 is 11.6 Å². The summed E-state index contributed by atoms with van der Waals surface area (Å²) in [5, 5.41) is 2.98. The Morgan fingerprint density at radius 3 is 2.67 bits per heavy atom. The van der Waals surface area contributed by atoms with Crippen LogP contribution in [0.3, 0.4) is 0 Å². The van der Waals surface area contributed by atoms with Crippen LogP contribution in [0.15, 0.2) is 17.0 Å². The van der Waals surface area contributed by atoms with Gasteiger partial charge in [-0.1, -0.05) is 31.9 Å². The molecule has 0 saturated heterocycles. The van der Waals surface area contributed by atoms with Crippen LogP contribution in [0.5, 0.6) is 0 Å². The largest absolute Gasteiger partial charge is 0.313 e. The molecule has 1 fully saturated rings. The highest BCUT2D eigenvalue weighted by Crippen LogP contribution is 2.34. The highest BCUT2D eigenvalue weighted by molar-refractivity contribution is 7.89. The molecule has 2 rings (SSSR count). The summed E-state index contributed by atoms with van der Waals surface area (Å²) >= 11 is 5.88. The van der Waals surface area contributed by atoms with E-state index in [4.69, 9.17) is 11.6 Å². The molecule has 0 spiro atoms. The zero-order valence-corrected chi connectivity index (χ0v) is 13.7. The van der Waals surface area contributed by atoms with Crippen molar-refractivity contribution in [2.24, 2.45) is 5.92 Å². The number of sulfonamides is 1. The summed E-state index contributed by atoms with van der Waals surface area (Å²) in [6.45, 7) is 4.95. The van der Waals surface area contributed by atoms with Gasteiger partial charge in [0.1, 0.15) is 5.82 Å². The monoisotopic (exact) mass is 334 g/mol. The zero-order valence-electron chi connectivity index (χ0n) is 12.1. The highest BCUT2D eigenvalue weighted by Gasteiger charge is 2.38. The maximum atomic E-state index is 13.8. The van der Waals surface area contributed by atoms with Gasteiger partial charge in [0, 0.05) is 12.6 Å². The minimum atomic E-state index is -3.70. The smallest absolute Gasteiger partial charge is 0.240 e. The average Bonchev–Trinajstić information content (AvgIpc) is 3.17. The van der Waals surface area contributed by atoms with Gasteiger partial charge in [0.2, 0.25) is 10.0 Å². The van der Waals surface area contributed by atoms with Crippen molar-refractivity contribution in [3.05, 3.63) is 28.5 Å². The number of benzene rings is 1. The molecule has 1 aromatic carbocycles. The van der Waals surface area contributed by atoms with Crippen molar-refractivity contribution in [1.29, 1.82) is 0 Å². The third kappa shape index (κ3) is 3.94. The van der Waals surface area contributed by atoms with Crippen LogP contribution in [0, 0.1) is 11.7 Å². The Morgan fingerprint density at radius 1 is 1.38 bits per heavy atom. The first-order valence-electron chi connectivity index (χ1n) is 7.10. The lowest BCUT2D eigenvalue weighted by Crippen LogP contribution is -2.27. The fourth-order valence-electron chi connectivity index (χ4n) is 2.27. The van der Waals surface area contributed by atoms with Gasteiger partial charge in [0.05, 0.1) is 9.92 Å². The Morgan fingerprint density at radius 2 is 2.10 bits per heavy atom. The molecule has 7 heteroatoms. The number of rotatable bonds is 7. The highest BCUT2D eigenvalue weighted by atomic mass is 35.5. The Labute approximate surface area is 130 Å². The van der Waals surface area contributed by atoms with E-state index in [1.165, 1.54) is 6.07 Å². The van der Waals surface area contributed by atoms with Crippen LogP contribution < -0.4 is 10.0 Å². The van der Waals surface area contributed by atoms with Crippen LogP contribution in [0.25, 0.3) is 0 Å². The summed E-state index contributed by atoms with van der Waals surface area (Å²) in [6, 6.07) is 2.37. The molecule has 118 valence electrons. The molecule has 1 aliphatic carbocycles. The lowest BCUT2D eigenvalue weighted by Gasteiger charge is -2.11. The number of nitrogens with one attached hydrogen (secondary N) is 2. The predicted molar refractivity (Wildman–Crippen MR) is 81.3 cm³/mol. The summed E-state index contributed by atoms with van der Waals surface area (Å²) < 4.78 is 41.0. The van der Waals surface area contributed by atoms with E-state index in [1.54, 1.807) is 0 Å². The Kier molecular flexibility index (Phi) is 5.24. The second-order valence-electron chi connectivity index (χ2n) is 5.29. The summed E-state index contributed by atoms with van der Waals surface area (Å²) in [4.78, 5) is -0.0703. The molecule has 0 aromatic heterocycles. The van der Waals surface area contributed by atoms with E-state index in [2.05, 4.69) is 10.0 Å². The normalized spacial score (nSPS) is 21.5.